The number of hydrogen-bond acceptors (Lipinski definition) is 5. The molecule has 0 atom stereocenters. The lowest BCUT2D eigenvalue weighted by Crippen LogP contribution is -2.11. The fourth-order valence-electron chi connectivity index (χ4n) is 2.37. The number of allylic oxidation sites excluding steroid dienone is 1. The molecule has 3 rings (SSSR count). The smallest absolute Gasteiger partial charge is 0.256 e. The van der Waals surface area contributed by atoms with Crippen molar-refractivity contribution in [2.24, 2.45) is 0 Å². The van der Waals surface area contributed by atoms with Crippen LogP contribution < -0.4 is 5.32 Å². The van der Waals surface area contributed by atoms with Gasteiger partial charge in [-0.2, -0.15) is 20.1 Å². The van der Waals surface area contributed by atoms with Gasteiger partial charge in [0.1, 0.15) is 0 Å². The zero-order valence-corrected chi connectivity index (χ0v) is 12.4. The summed E-state index contributed by atoms with van der Waals surface area (Å²) in [4.78, 5) is 12.5. The molecule has 2 aromatic rings. The number of hydrogen-bond donors (Lipinski definition) is 1. The van der Waals surface area contributed by atoms with Gasteiger partial charge in [-0.3, -0.25) is 0 Å². The highest BCUT2D eigenvalue weighted by Crippen LogP contribution is 2.20. The van der Waals surface area contributed by atoms with E-state index in [-0.39, 0.29) is 5.28 Å². The van der Waals surface area contributed by atoms with Gasteiger partial charge in [0.2, 0.25) is 11.2 Å². The molecule has 0 unspecified atom stereocenters. The summed E-state index contributed by atoms with van der Waals surface area (Å²) in [6, 6.07) is 1.81. The van der Waals surface area contributed by atoms with E-state index in [1.165, 1.54) is 31.3 Å². The third-order valence-corrected chi connectivity index (χ3v) is 3.59. The van der Waals surface area contributed by atoms with E-state index in [9.17, 15) is 0 Å². The number of rotatable bonds is 5. The van der Waals surface area contributed by atoms with E-state index >= 15 is 0 Å². The SMILES string of the molecule is Clc1nc(NCCC2=CCCCC2)nc(-n2cccn2)n1. The molecule has 110 valence electrons. The summed E-state index contributed by atoms with van der Waals surface area (Å²) in [6.45, 7) is 0.796. The number of nitrogens with one attached hydrogen (secondary N) is 1. The molecule has 0 aromatic carbocycles. The van der Waals surface area contributed by atoms with Crippen LogP contribution >= 0.6 is 11.6 Å². The Morgan fingerprint density at radius 2 is 2.19 bits per heavy atom. The summed E-state index contributed by atoms with van der Waals surface area (Å²) in [6.07, 6.45) is 11.8. The summed E-state index contributed by atoms with van der Waals surface area (Å²) in [7, 11) is 0. The third-order valence-electron chi connectivity index (χ3n) is 3.42. The van der Waals surface area contributed by atoms with Crippen LogP contribution in [0.1, 0.15) is 32.1 Å². The molecule has 7 heteroatoms. The van der Waals surface area contributed by atoms with Crippen LogP contribution in [0.25, 0.3) is 5.95 Å². The maximum absolute atomic E-state index is 5.94. The van der Waals surface area contributed by atoms with Crippen molar-refractivity contribution in [2.45, 2.75) is 32.1 Å². The van der Waals surface area contributed by atoms with Crippen LogP contribution in [0.2, 0.25) is 5.28 Å². The van der Waals surface area contributed by atoms with Gasteiger partial charge in [0, 0.05) is 18.9 Å². The minimum atomic E-state index is 0.162. The van der Waals surface area contributed by atoms with Crippen molar-refractivity contribution < 1.29 is 0 Å². The predicted octanol–water partition coefficient (Wildman–Crippen LogP) is 3.01. The number of nitrogens with zero attached hydrogens (tertiary/aromatic N) is 5. The minimum absolute atomic E-state index is 0.162. The topological polar surface area (TPSA) is 68.5 Å². The first-order valence-corrected chi connectivity index (χ1v) is 7.52. The van der Waals surface area contributed by atoms with Crippen molar-refractivity contribution in [3.63, 3.8) is 0 Å². The van der Waals surface area contributed by atoms with Gasteiger partial charge in [-0.15, -0.1) is 0 Å². The molecule has 1 aliphatic carbocycles. The lowest BCUT2D eigenvalue weighted by molar-refractivity contribution is 0.678. The Morgan fingerprint density at radius 1 is 1.24 bits per heavy atom. The van der Waals surface area contributed by atoms with Crippen molar-refractivity contribution in [3.8, 4) is 5.95 Å². The fraction of sp³-hybridized carbons (Fsp3) is 0.429. The first kappa shape index (κ1) is 14.0. The van der Waals surface area contributed by atoms with E-state index in [0.717, 1.165) is 13.0 Å². The van der Waals surface area contributed by atoms with Crippen LogP contribution in [0.15, 0.2) is 30.1 Å². The second-order valence-electron chi connectivity index (χ2n) is 4.96. The average molecular weight is 305 g/mol. The van der Waals surface area contributed by atoms with Crippen LogP contribution in [0.4, 0.5) is 5.95 Å². The minimum Gasteiger partial charge on any atom is -0.354 e. The van der Waals surface area contributed by atoms with Crippen LogP contribution in [-0.2, 0) is 0 Å². The predicted molar refractivity (Wildman–Crippen MR) is 81.6 cm³/mol. The molecule has 0 fully saturated rings. The lowest BCUT2D eigenvalue weighted by atomic mass is 9.97. The Kier molecular flexibility index (Phi) is 4.45. The highest BCUT2D eigenvalue weighted by molar-refractivity contribution is 6.28. The quantitative estimate of drug-likeness (QED) is 0.860. The van der Waals surface area contributed by atoms with Gasteiger partial charge in [-0.1, -0.05) is 11.6 Å². The normalized spacial score (nSPS) is 14.8. The Labute approximate surface area is 128 Å². The summed E-state index contributed by atoms with van der Waals surface area (Å²) in [5.74, 6) is 0.899. The molecule has 0 saturated heterocycles. The molecule has 1 aliphatic rings. The van der Waals surface area contributed by atoms with E-state index in [0.29, 0.717) is 11.9 Å². The molecule has 0 saturated carbocycles. The molecule has 2 aromatic heterocycles. The van der Waals surface area contributed by atoms with Crippen LogP contribution in [0, 0.1) is 0 Å². The molecule has 0 bridgehead atoms. The van der Waals surface area contributed by atoms with Crippen molar-refractivity contribution in [2.75, 3.05) is 11.9 Å². The number of anilines is 1. The molecule has 0 radical (unpaired) electrons. The summed E-state index contributed by atoms with van der Waals surface area (Å²) in [5.41, 5.74) is 1.52. The molecule has 6 nitrogen and oxygen atoms in total. The molecular weight excluding hydrogens is 288 g/mol. The molecular formula is C14H17ClN6. The second-order valence-corrected chi connectivity index (χ2v) is 5.30. The van der Waals surface area contributed by atoms with Crippen LogP contribution in [0.3, 0.4) is 0 Å². The maximum atomic E-state index is 5.94. The monoisotopic (exact) mass is 304 g/mol. The molecule has 0 amide bonds. The van der Waals surface area contributed by atoms with E-state index in [1.807, 2.05) is 0 Å². The first-order chi connectivity index (χ1) is 10.3. The second kappa shape index (κ2) is 6.67. The zero-order valence-electron chi connectivity index (χ0n) is 11.7. The molecule has 2 heterocycles. The van der Waals surface area contributed by atoms with Gasteiger partial charge >= 0.3 is 0 Å². The van der Waals surface area contributed by atoms with E-state index in [4.69, 9.17) is 11.6 Å². The molecule has 0 spiro atoms. The van der Waals surface area contributed by atoms with E-state index in [2.05, 4.69) is 31.4 Å². The average Bonchev–Trinajstić information content (AvgIpc) is 3.02. The van der Waals surface area contributed by atoms with Gasteiger partial charge in [0.15, 0.2) is 0 Å². The fourth-order valence-corrected chi connectivity index (χ4v) is 2.53. The standard InChI is InChI=1S/C14H17ClN6/c15-12-18-13(16-9-7-11-5-2-1-3-6-11)20-14(19-12)21-10-4-8-17-21/h4-5,8,10H,1-3,6-7,9H2,(H,16,18,19,20). The lowest BCUT2D eigenvalue weighted by Gasteiger charge is -2.13. The highest BCUT2D eigenvalue weighted by atomic mass is 35.5. The van der Waals surface area contributed by atoms with Gasteiger partial charge < -0.3 is 5.32 Å². The Morgan fingerprint density at radius 3 is 2.95 bits per heavy atom. The number of aromatic nitrogens is 5. The largest absolute Gasteiger partial charge is 0.354 e. The van der Waals surface area contributed by atoms with E-state index < -0.39 is 0 Å². The van der Waals surface area contributed by atoms with Gasteiger partial charge in [0.25, 0.3) is 5.95 Å². The summed E-state index contributed by atoms with van der Waals surface area (Å²) in [5, 5.41) is 7.46. The van der Waals surface area contributed by atoms with Crippen molar-refractivity contribution in [1.82, 2.24) is 24.7 Å². The maximum Gasteiger partial charge on any atom is 0.256 e. The van der Waals surface area contributed by atoms with Crippen LogP contribution in [-0.4, -0.2) is 31.3 Å². The van der Waals surface area contributed by atoms with Gasteiger partial charge in [-0.25, -0.2) is 4.68 Å². The highest BCUT2D eigenvalue weighted by Gasteiger charge is 2.08. The van der Waals surface area contributed by atoms with Crippen molar-refractivity contribution in [3.05, 3.63) is 35.4 Å². The zero-order chi connectivity index (χ0) is 14.5. The first-order valence-electron chi connectivity index (χ1n) is 7.14. The van der Waals surface area contributed by atoms with Crippen molar-refractivity contribution in [1.29, 1.82) is 0 Å². The van der Waals surface area contributed by atoms with Crippen LogP contribution in [0.5, 0.6) is 0 Å². The summed E-state index contributed by atoms with van der Waals surface area (Å²) < 4.78 is 1.56. The Balaban J connectivity index is 1.64. The van der Waals surface area contributed by atoms with Crippen molar-refractivity contribution >= 4 is 17.5 Å². The molecule has 1 N–H and O–H groups in total. The van der Waals surface area contributed by atoms with E-state index in [1.54, 1.807) is 23.1 Å². The molecule has 0 aliphatic heterocycles. The Hall–Kier alpha value is -1.95. The number of halogens is 1. The summed E-state index contributed by atoms with van der Waals surface area (Å²) >= 11 is 5.94. The van der Waals surface area contributed by atoms with Gasteiger partial charge in [0.05, 0.1) is 0 Å². The van der Waals surface area contributed by atoms with Gasteiger partial charge in [-0.05, 0) is 49.8 Å². The third kappa shape index (κ3) is 3.78. The Bertz CT molecular complexity index is 622. The molecule has 21 heavy (non-hydrogen) atoms.